The minimum absolute atomic E-state index is 0.0979. The molecule has 0 aromatic heterocycles. The van der Waals surface area contributed by atoms with Crippen molar-refractivity contribution >= 4 is 5.97 Å². The minimum atomic E-state index is -4.42. The van der Waals surface area contributed by atoms with E-state index in [0.717, 1.165) is 31.4 Å². The first-order valence-corrected chi connectivity index (χ1v) is 10.5. The van der Waals surface area contributed by atoms with E-state index in [1.807, 2.05) is 0 Å². The summed E-state index contributed by atoms with van der Waals surface area (Å²) in [7, 11) is 0. The fourth-order valence-electron chi connectivity index (χ4n) is 4.40. The van der Waals surface area contributed by atoms with Crippen LogP contribution in [0, 0.1) is 11.8 Å². The molecule has 1 aromatic carbocycles. The molecule has 2 rings (SSSR count). The Morgan fingerprint density at radius 3 is 2.10 bits per heavy atom. The Bertz CT molecular complexity index is 662. The van der Waals surface area contributed by atoms with Crippen LogP contribution >= 0.6 is 0 Å². The fourth-order valence-corrected chi connectivity index (χ4v) is 4.40. The van der Waals surface area contributed by atoms with Crippen molar-refractivity contribution < 1.29 is 38.4 Å². The molecule has 0 amide bonds. The van der Waals surface area contributed by atoms with E-state index in [9.17, 15) is 33.3 Å². The van der Waals surface area contributed by atoms with Crippen LogP contribution in [0.15, 0.2) is 24.3 Å². The van der Waals surface area contributed by atoms with Gasteiger partial charge in [-0.3, -0.25) is 4.79 Å². The summed E-state index contributed by atoms with van der Waals surface area (Å²) in [5.41, 5.74) is -0.373. The Kier molecular flexibility index (Phi) is 9.12. The molecule has 0 aliphatic heterocycles. The first-order chi connectivity index (χ1) is 14.1. The van der Waals surface area contributed by atoms with E-state index < -0.39 is 36.0 Å². The van der Waals surface area contributed by atoms with Crippen LogP contribution in [0.25, 0.3) is 0 Å². The number of unbranched alkanes of at least 4 members (excludes halogenated alkanes) is 3. The predicted molar refractivity (Wildman–Crippen MR) is 105 cm³/mol. The Labute approximate surface area is 174 Å². The van der Waals surface area contributed by atoms with Gasteiger partial charge in [0.05, 0.1) is 23.9 Å². The maximum atomic E-state index is 12.7. The predicted octanol–water partition coefficient (Wildman–Crippen LogP) is 4.30. The number of alkyl halides is 3. The first-order valence-electron chi connectivity index (χ1n) is 10.5. The molecule has 1 aliphatic carbocycles. The van der Waals surface area contributed by atoms with Crippen molar-refractivity contribution in [3.8, 4) is 0 Å². The van der Waals surface area contributed by atoms with Crippen LogP contribution < -0.4 is 0 Å². The zero-order chi connectivity index (χ0) is 22.3. The zero-order valence-corrected chi connectivity index (χ0v) is 16.9. The molecule has 0 saturated heterocycles. The van der Waals surface area contributed by atoms with Crippen LogP contribution in [0.3, 0.4) is 0 Å². The van der Waals surface area contributed by atoms with E-state index in [0.29, 0.717) is 24.8 Å². The van der Waals surface area contributed by atoms with E-state index in [-0.39, 0.29) is 31.1 Å². The average molecular weight is 432 g/mol. The number of benzene rings is 1. The van der Waals surface area contributed by atoms with Gasteiger partial charge >= 0.3 is 12.1 Å². The monoisotopic (exact) mass is 432 g/mol. The zero-order valence-electron chi connectivity index (χ0n) is 16.9. The molecule has 4 N–H and O–H groups in total. The molecule has 0 radical (unpaired) electrons. The molecule has 0 bridgehead atoms. The van der Waals surface area contributed by atoms with Gasteiger partial charge in [-0.05, 0) is 61.6 Å². The Balaban J connectivity index is 1.83. The maximum absolute atomic E-state index is 12.7. The summed E-state index contributed by atoms with van der Waals surface area (Å²) >= 11 is 0. The van der Waals surface area contributed by atoms with E-state index in [4.69, 9.17) is 5.11 Å². The van der Waals surface area contributed by atoms with Crippen molar-refractivity contribution in [2.75, 3.05) is 0 Å². The van der Waals surface area contributed by atoms with Gasteiger partial charge in [0.2, 0.25) is 0 Å². The second-order valence-electron chi connectivity index (χ2n) is 8.26. The summed E-state index contributed by atoms with van der Waals surface area (Å²) in [6.45, 7) is 0. The summed E-state index contributed by atoms with van der Waals surface area (Å²) in [6, 6.07) is 4.42. The standard InChI is InChI=1S/C22H31F3O5/c23-22(24,25)15-9-7-14(8-10-15)18(26)12-11-17-16(19(27)13-20(17)28)5-3-1-2-4-6-21(29)30/h7-10,16-20,26-28H,1-6,11-13H2,(H,29,30)/t16?,17?,18?,19-,20+/m0/s1. The molecule has 1 saturated carbocycles. The second kappa shape index (κ2) is 11.1. The Morgan fingerprint density at radius 2 is 1.53 bits per heavy atom. The van der Waals surface area contributed by atoms with Crippen LogP contribution in [0.2, 0.25) is 0 Å². The van der Waals surface area contributed by atoms with E-state index in [1.54, 1.807) is 0 Å². The fraction of sp³-hybridized carbons (Fsp3) is 0.682. The highest BCUT2D eigenvalue weighted by atomic mass is 19.4. The summed E-state index contributed by atoms with van der Waals surface area (Å²) in [5.74, 6) is -1.08. The lowest BCUT2D eigenvalue weighted by molar-refractivity contribution is -0.138. The maximum Gasteiger partial charge on any atom is 0.416 e. The quantitative estimate of drug-likeness (QED) is 0.391. The summed E-state index contributed by atoms with van der Waals surface area (Å²) < 4.78 is 38.0. The molecule has 0 heterocycles. The Morgan fingerprint density at radius 1 is 0.967 bits per heavy atom. The smallest absolute Gasteiger partial charge is 0.416 e. The van der Waals surface area contributed by atoms with Crippen LogP contribution in [0.5, 0.6) is 0 Å². The third-order valence-electron chi connectivity index (χ3n) is 6.10. The molecular weight excluding hydrogens is 401 g/mol. The molecule has 8 heteroatoms. The summed E-state index contributed by atoms with van der Waals surface area (Å²) in [5, 5.41) is 39.6. The van der Waals surface area contributed by atoms with Crippen LogP contribution in [-0.2, 0) is 11.0 Å². The van der Waals surface area contributed by atoms with Gasteiger partial charge in [-0.1, -0.05) is 31.4 Å². The van der Waals surface area contributed by atoms with Crippen LogP contribution in [0.4, 0.5) is 13.2 Å². The van der Waals surface area contributed by atoms with E-state index in [1.165, 1.54) is 12.1 Å². The molecule has 0 spiro atoms. The van der Waals surface area contributed by atoms with Crippen molar-refractivity contribution in [3.05, 3.63) is 35.4 Å². The van der Waals surface area contributed by atoms with Crippen molar-refractivity contribution in [1.29, 1.82) is 0 Å². The molecule has 1 aromatic rings. The molecule has 170 valence electrons. The molecule has 30 heavy (non-hydrogen) atoms. The van der Waals surface area contributed by atoms with Crippen molar-refractivity contribution in [2.24, 2.45) is 11.8 Å². The number of hydrogen-bond donors (Lipinski definition) is 4. The van der Waals surface area contributed by atoms with E-state index >= 15 is 0 Å². The van der Waals surface area contributed by atoms with Gasteiger partial charge in [-0.25, -0.2) is 0 Å². The van der Waals surface area contributed by atoms with Gasteiger partial charge in [-0.2, -0.15) is 13.2 Å². The SMILES string of the molecule is O=C(O)CCCCCCC1C(CCC(O)c2ccc(C(F)(F)F)cc2)[C@H](O)C[C@@H]1O. The number of carboxylic acids is 1. The molecule has 5 atom stereocenters. The lowest BCUT2D eigenvalue weighted by atomic mass is 9.84. The summed E-state index contributed by atoms with van der Waals surface area (Å²) in [6.07, 6.45) is -1.65. The van der Waals surface area contributed by atoms with Crippen molar-refractivity contribution in [3.63, 3.8) is 0 Å². The third kappa shape index (κ3) is 7.25. The summed E-state index contributed by atoms with van der Waals surface area (Å²) in [4.78, 5) is 10.5. The second-order valence-corrected chi connectivity index (χ2v) is 8.26. The lowest BCUT2D eigenvalue weighted by Gasteiger charge is -2.25. The van der Waals surface area contributed by atoms with E-state index in [2.05, 4.69) is 0 Å². The van der Waals surface area contributed by atoms with Crippen LogP contribution in [0.1, 0.15) is 75.0 Å². The molecular formula is C22H31F3O5. The highest BCUT2D eigenvalue weighted by molar-refractivity contribution is 5.66. The van der Waals surface area contributed by atoms with Gasteiger partial charge in [-0.15, -0.1) is 0 Å². The number of carbonyl (C=O) groups is 1. The van der Waals surface area contributed by atoms with Gasteiger partial charge in [0.1, 0.15) is 0 Å². The van der Waals surface area contributed by atoms with Crippen LogP contribution in [-0.4, -0.2) is 38.6 Å². The molecule has 1 aliphatic rings. The van der Waals surface area contributed by atoms with Crippen molar-refractivity contribution in [1.82, 2.24) is 0 Å². The topological polar surface area (TPSA) is 98.0 Å². The normalized spacial score (nSPS) is 25.4. The number of aliphatic carboxylic acids is 1. The largest absolute Gasteiger partial charge is 0.481 e. The van der Waals surface area contributed by atoms with Gasteiger partial charge in [0.15, 0.2) is 0 Å². The molecule has 1 fully saturated rings. The highest BCUT2D eigenvalue weighted by Crippen LogP contribution is 2.40. The number of aliphatic hydroxyl groups is 3. The third-order valence-corrected chi connectivity index (χ3v) is 6.10. The Hall–Kier alpha value is -1.64. The van der Waals surface area contributed by atoms with Gasteiger partial charge in [0, 0.05) is 6.42 Å². The number of hydrogen-bond acceptors (Lipinski definition) is 4. The number of aliphatic hydroxyl groups excluding tert-OH is 3. The number of rotatable bonds is 11. The first kappa shape index (κ1) is 24.6. The molecule has 3 unspecified atom stereocenters. The lowest BCUT2D eigenvalue weighted by Crippen LogP contribution is -2.23. The van der Waals surface area contributed by atoms with Gasteiger partial charge in [0.25, 0.3) is 0 Å². The van der Waals surface area contributed by atoms with Crippen molar-refractivity contribution in [2.45, 2.75) is 82.3 Å². The average Bonchev–Trinajstić information content (AvgIpc) is 2.94. The highest BCUT2D eigenvalue weighted by Gasteiger charge is 2.41. The number of carboxylic acid groups (broad SMARTS) is 1. The number of halogens is 3. The minimum Gasteiger partial charge on any atom is -0.481 e. The molecule has 5 nitrogen and oxygen atoms in total. The van der Waals surface area contributed by atoms with Gasteiger partial charge < -0.3 is 20.4 Å².